The molecule has 17 heavy (non-hydrogen) atoms. The standard InChI is InChI=1S/C11H21NO5/c1-3-4-10(15)9(6-14)12-11(16)7-17-8(2)5-13/h3-4,8-10,13-15H,5-7H2,1-2H3,(H,12,16)/b4-3+/t8?,9-,10+/m0/s1. The van der Waals surface area contributed by atoms with Gasteiger partial charge in [0.2, 0.25) is 5.91 Å². The van der Waals surface area contributed by atoms with Crippen molar-refractivity contribution in [2.24, 2.45) is 0 Å². The maximum atomic E-state index is 11.4. The molecule has 0 aromatic heterocycles. The van der Waals surface area contributed by atoms with E-state index in [0.29, 0.717) is 0 Å². The van der Waals surface area contributed by atoms with E-state index in [4.69, 9.17) is 14.9 Å². The highest BCUT2D eigenvalue weighted by Crippen LogP contribution is 1.96. The monoisotopic (exact) mass is 247 g/mol. The molecule has 6 nitrogen and oxygen atoms in total. The topological polar surface area (TPSA) is 99.0 Å². The number of ether oxygens (including phenoxy) is 1. The van der Waals surface area contributed by atoms with Gasteiger partial charge in [0.05, 0.1) is 31.5 Å². The summed E-state index contributed by atoms with van der Waals surface area (Å²) in [5.74, 6) is -0.451. The van der Waals surface area contributed by atoms with Gasteiger partial charge in [0.1, 0.15) is 6.61 Å². The minimum Gasteiger partial charge on any atom is -0.394 e. The Kier molecular flexibility index (Phi) is 8.61. The normalized spacial score (nSPS) is 16.8. The first-order valence-corrected chi connectivity index (χ1v) is 5.48. The number of nitrogens with one attached hydrogen (secondary N) is 1. The summed E-state index contributed by atoms with van der Waals surface area (Å²) in [5.41, 5.74) is 0. The molecular weight excluding hydrogens is 226 g/mol. The zero-order valence-electron chi connectivity index (χ0n) is 10.2. The second-order valence-corrected chi connectivity index (χ2v) is 3.68. The predicted molar refractivity (Wildman–Crippen MR) is 62.3 cm³/mol. The number of allylic oxidation sites excluding steroid dienone is 1. The molecule has 0 spiro atoms. The molecule has 0 saturated heterocycles. The lowest BCUT2D eigenvalue weighted by molar-refractivity contribution is -0.129. The number of hydrogen-bond donors (Lipinski definition) is 4. The van der Waals surface area contributed by atoms with Crippen molar-refractivity contribution in [1.29, 1.82) is 0 Å². The van der Waals surface area contributed by atoms with Crippen LogP contribution in [0.5, 0.6) is 0 Å². The summed E-state index contributed by atoms with van der Waals surface area (Å²) < 4.78 is 4.99. The van der Waals surface area contributed by atoms with E-state index >= 15 is 0 Å². The van der Waals surface area contributed by atoms with Crippen LogP contribution in [0.4, 0.5) is 0 Å². The zero-order chi connectivity index (χ0) is 13.3. The van der Waals surface area contributed by atoms with Gasteiger partial charge in [-0.2, -0.15) is 0 Å². The van der Waals surface area contributed by atoms with E-state index in [1.807, 2.05) is 0 Å². The van der Waals surface area contributed by atoms with Gasteiger partial charge in [0, 0.05) is 0 Å². The molecule has 0 radical (unpaired) electrons. The molecule has 3 atom stereocenters. The Balaban J connectivity index is 4.06. The van der Waals surface area contributed by atoms with E-state index < -0.39 is 24.2 Å². The average molecular weight is 247 g/mol. The number of aliphatic hydroxyl groups is 3. The molecule has 100 valence electrons. The van der Waals surface area contributed by atoms with E-state index in [1.165, 1.54) is 6.08 Å². The van der Waals surface area contributed by atoms with E-state index in [2.05, 4.69) is 5.32 Å². The second-order valence-electron chi connectivity index (χ2n) is 3.68. The largest absolute Gasteiger partial charge is 0.394 e. The number of hydrogen-bond acceptors (Lipinski definition) is 5. The van der Waals surface area contributed by atoms with Crippen molar-refractivity contribution in [3.8, 4) is 0 Å². The summed E-state index contributed by atoms with van der Waals surface area (Å²) in [7, 11) is 0. The summed E-state index contributed by atoms with van der Waals surface area (Å²) in [5, 5.41) is 29.7. The van der Waals surface area contributed by atoms with Crippen LogP contribution in [0.15, 0.2) is 12.2 Å². The third kappa shape index (κ3) is 7.06. The lowest BCUT2D eigenvalue weighted by atomic mass is 10.1. The van der Waals surface area contributed by atoms with E-state index in [9.17, 15) is 9.90 Å². The van der Waals surface area contributed by atoms with Crippen LogP contribution < -0.4 is 5.32 Å². The van der Waals surface area contributed by atoms with Crippen LogP contribution in [0.3, 0.4) is 0 Å². The SMILES string of the molecule is C/C=C/[C@@H](O)[C@H](CO)NC(=O)COC(C)CO. The number of aliphatic hydroxyl groups excluding tert-OH is 3. The molecule has 0 aliphatic rings. The van der Waals surface area contributed by atoms with E-state index in [-0.39, 0.29) is 19.8 Å². The molecule has 0 saturated carbocycles. The third-order valence-corrected chi connectivity index (χ3v) is 2.10. The quantitative estimate of drug-likeness (QED) is 0.404. The van der Waals surface area contributed by atoms with Gasteiger partial charge in [-0.15, -0.1) is 0 Å². The van der Waals surface area contributed by atoms with Crippen molar-refractivity contribution in [3.05, 3.63) is 12.2 Å². The summed E-state index contributed by atoms with van der Waals surface area (Å²) in [4.78, 5) is 11.4. The van der Waals surface area contributed by atoms with Crippen LogP contribution in [-0.2, 0) is 9.53 Å². The lowest BCUT2D eigenvalue weighted by Gasteiger charge is -2.20. The number of carbonyl (C=O) groups is 1. The first-order valence-electron chi connectivity index (χ1n) is 5.48. The lowest BCUT2D eigenvalue weighted by Crippen LogP contribution is -2.46. The van der Waals surface area contributed by atoms with Crippen LogP contribution in [0.1, 0.15) is 13.8 Å². The molecule has 0 aliphatic heterocycles. The molecule has 0 rings (SSSR count). The van der Waals surface area contributed by atoms with Crippen molar-refractivity contribution < 1.29 is 24.9 Å². The first kappa shape index (κ1) is 16.1. The molecule has 4 N–H and O–H groups in total. The Morgan fingerprint density at radius 1 is 1.41 bits per heavy atom. The maximum absolute atomic E-state index is 11.4. The Morgan fingerprint density at radius 2 is 2.06 bits per heavy atom. The Morgan fingerprint density at radius 3 is 2.53 bits per heavy atom. The molecule has 0 bridgehead atoms. The second kappa shape index (κ2) is 9.12. The fraction of sp³-hybridized carbons (Fsp3) is 0.727. The van der Waals surface area contributed by atoms with E-state index in [0.717, 1.165) is 0 Å². The maximum Gasteiger partial charge on any atom is 0.246 e. The molecule has 0 fully saturated rings. The van der Waals surface area contributed by atoms with Gasteiger partial charge in [0.25, 0.3) is 0 Å². The van der Waals surface area contributed by atoms with Crippen molar-refractivity contribution in [2.45, 2.75) is 32.1 Å². The van der Waals surface area contributed by atoms with Crippen molar-refractivity contribution in [2.75, 3.05) is 19.8 Å². The van der Waals surface area contributed by atoms with Crippen molar-refractivity contribution >= 4 is 5.91 Å². The zero-order valence-corrected chi connectivity index (χ0v) is 10.2. The van der Waals surface area contributed by atoms with Gasteiger partial charge >= 0.3 is 0 Å². The third-order valence-electron chi connectivity index (χ3n) is 2.10. The van der Waals surface area contributed by atoms with Gasteiger partial charge in [-0.3, -0.25) is 4.79 Å². The summed E-state index contributed by atoms with van der Waals surface area (Å²) in [6.07, 6.45) is 1.74. The average Bonchev–Trinajstić information content (AvgIpc) is 2.33. The number of rotatable bonds is 8. The first-order chi connectivity index (χ1) is 8.04. The van der Waals surface area contributed by atoms with Gasteiger partial charge < -0.3 is 25.4 Å². The molecule has 1 unspecified atom stereocenters. The van der Waals surface area contributed by atoms with E-state index in [1.54, 1.807) is 19.9 Å². The smallest absolute Gasteiger partial charge is 0.246 e. The molecule has 0 aliphatic carbocycles. The molecular formula is C11H21NO5. The minimum absolute atomic E-state index is 0.169. The molecule has 0 heterocycles. The van der Waals surface area contributed by atoms with Crippen LogP contribution in [0.2, 0.25) is 0 Å². The van der Waals surface area contributed by atoms with Crippen LogP contribution in [-0.4, -0.2) is 59.3 Å². The molecule has 6 heteroatoms. The van der Waals surface area contributed by atoms with Gasteiger partial charge in [-0.1, -0.05) is 12.2 Å². The Bertz CT molecular complexity index is 244. The predicted octanol–water partition coefficient (Wildman–Crippen LogP) is -1.20. The van der Waals surface area contributed by atoms with Crippen LogP contribution >= 0.6 is 0 Å². The van der Waals surface area contributed by atoms with Crippen LogP contribution in [0.25, 0.3) is 0 Å². The molecule has 1 amide bonds. The van der Waals surface area contributed by atoms with Crippen molar-refractivity contribution in [1.82, 2.24) is 5.32 Å². The molecule has 0 aromatic carbocycles. The highest BCUT2D eigenvalue weighted by atomic mass is 16.5. The number of amides is 1. The Labute approximate surface area is 101 Å². The number of carbonyl (C=O) groups excluding carboxylic acids is 1. The minimum atomic E-state index is -0.941. The highest BCUT2D eigenvalue weighted by molar-refractivity contribution is 5.77. The van der Waals surface area contributed by atoms with Gasteiger partial charge in [-0.25, -0.2) is 0 Å². The summed E-state index contributed by atoms with van der Waals surface area (Å²) in [6, 6.07) is -0.758. The van der Waals surface area contributed by atoms with Crippen LogP contribution in [0, 0.1) is 0 Å². The summed E-state index contributed by atoms with van der Waals surface area (Å²) in [6.45, 7) is 2.60. The van der Waals surface area contributed by atoms with Gasteiger partial charge in [-0.05, 0) is 13.8 Å². The highest BCUT2D eigenvalue weighted by Gasteiger charge is 2.18. The molecule has 0 aromatic rings. The van der Waals surface area contributed by atoms with Crippen molar-refractivity contribution in [3.63, 3.8) is 0 Å². The summed E-state index contributed by atoms with van der Waals surface area (Å²) >= 11 is 0. The Hall–Kier alpha value is -0.950. The van der Waals surface area contributed by atoms with Gasteiger partial charge in [0.15, 0.2) is 0 Å². The fourth-order valence-corrected chi connectivity index (χ4v) is 1.09. The fourth-order valence-electron chi connectivity index (χ4n) is 1.09.